The number of para-hydroxylation sites is 2. The van der Waals surface area contributed by atoms with Crippen LogP contribution < -0.4 is 4.74 Å². The molecule has 2 heterocycles. The molecule has 1 aliphatic heterocycles. The highest BCUT2D eigenvalue weighted by atomic mass is 16.5. The van der Waals surface area contributed by atoms with E-state index in [0.717, 1.165) is 35.1 Å². The van der Waals surface area contributed by atoms with Gasteiger partial charge in [0.25, 0.3) is 0 Å². The van der Waals surface area contributed by atoms with Crippen molar-refractivity contribution in [1.82, 2.24) is 24.6 Å². The molecule has 0 unspecified atom stereocenters. The van der Waals surface area contributed by atoms with Crippen LogP contribution in [-0.4, -0.2) is 70.9 Å². The van der Waals surface area contributed by atoms with E-state index in [1.807, 2.05) is 31.2 Å². The van der Waals surface area contributed by atoms with Gasteiger partial charge in [0, 0.05) is 31.7 Å². The minimum atomic E-state index is 0.716. The molecular formula is C32H39N5O. The Morgan fingerprint density at radius 3 is 2.13 bits per heavy atom. The highest BCUT2D eigenvalue weighted by molar-refractivity contribution is 5.69. The fraction of sp³-hybridized carbons (Fsp3) is 0.375. The zero-order valence-corrected chi connectivity index (χ0v) is 22.7. The molecule has 0 radical (unpaired) electrons. The van der Waals surface area contributed by atoms with Gasteiger partial charge < -0.3 is 14.5 Å². The van der Waals surface area contributed by atoms with E-state index in [1.54, 1.807) is 0 Å². The molecule has 0 atom stereocenters. The van der Waals surface area contributed by atoms with Crippen LogP contribution in [0, 0.1) is 6.92 Å². The zero-order chi connectivity index (χ0) is 26.2. The summed E-state index contributed by atoms with van der Waals surface area (Å²) in [6.45, 7) is 8.73. The van der Waals surface area contributed by atoms with Crippen molar-refractivity contribution >= 4 is 0 Å². The van der Waals surface area contributed by atoms with E-state index in [1.165, 1.54) is 63.1 Å². The van der Waals surface area contributed by atoms with E-state index in [2.05, 4.69) is 86.2 Å². The van der Waals surface area contributed by atoms with Gasteiger partial charge >= 0.3 is 0 Å². The van der Waals surface area contributed by atoms with E-state index in [4.69, 9.17) is 4.74 Å². The maximum absolute atomic E-state index is 6.30. The van der Waals surface area contributed by atoms with Crippen molar-refractivity contribution in [1.29, 1.82) is 0 Å². The smallest absolute Gasteiger partial charge is 0.168 e. The van der Waals surface area contributed by atoms with E-state index < -0.39 is 0 Å². The second-order valence-electron chi connectivity index (χ2n) is 10.2. The number of likely N-dealkylation sites (N-methyl/N-ethyl adjacent to an activating group) is 1. The number of unbranched alkanes of at least 4 members (excludes halogenated alkanes) is 3. The van der Waals surface area contributed by atoms with Crippen LogP contribution in [0.15, 0.2) is 78.9 Å². The van der Waals surface area contributed by atoms with Gasteiger partial charge in [0.2, 0.25) is 0 Å². The summed E-state index contributed by atoms with van der Waals surface area (Å²) in [5.41, 5.74) is 4.40. The van der Waals surface area contributed by atoms with Gasteiger partial charge in [-0.05, 0) is 56.6 Å². The van der Waals surface area contributed by atoms with Crippen molar-refractivity contribution in [2.75, 3.05) is 46.4 Å². The number of rotatable bonds is 11. The van der Waals surface area contributed by atoms with E-state index >= 15 is 0 Å². The molecule has 198 valence electrons. The van der Waals surface area contributed by atoms with Crippen LogP contribution in [0.25, 0.3) is 28.2 Å². The topological polar surface area (TPSA) is 46.4 Å². The molecular weight excluding hydrogens is 470 g/mol. The van der Waals surface area contributed by atoms with E-state index in [9.17, 15) is 0 Å². The lowest BCUT2D eigenvalue weighted by atomic mass is 10.0. The van der Waals surface area contributed by atoms with Crippen molar-refractivity contribution in [2.45, 2.75) is 32.6 Å². The summed E-state index contributed by atoms with van der Waals surface area (Å²) in [6.07, 6.45) is 4.78. The van der Waals surface area contributed by atoms with Crippen molar-refractivity contribution in [2.24, 2.45) is 0 Å². The van der Waals surface area contributed by atoms with Crippen molar-refractivity contribution in [3.8, 4) is 34.0 Å². The molecule has 1 aromatic heterocycles. The molecule has 1 saturated heterocycles. The molecule has 0 aliphatic carbocycles. The first-order valence-corrected chi connectivity index (χ1v) is 13.9. The Bertz CT molecular complexity index is 1280. The predicted octanol–water partition coefficient (Wildman–Crippen LogP) is 6.10. The van der Waals surface area contributed by atoms with Gasteiger partial charge in [-0.3, -0.25) is 4.57 Å². The number of hydrogen-bond donors (Lipinski definition) is 0. The SMILES string of the molecule is Cc1nnc(-c2ccc(-c3ccccc3)cc2)n1-c1ccccc1OCCCCCCN1CCN(C)CC1. The Morgan fingerprint density at radius 2 is 1.34 bits per heavy atom. The lowest BCUT2D eigenvalue weighted by Crippen LogP contribution is -2.44. The van der Waals surface area contributed by atoms with Gasteiger partial charge in [0.15, 0.2) is 5.82 Å². The van der Waals surface area contributed by atoms with Gasteiger partial charge in [0.05, 0.1) is 12.3 Å². The number of ether oxygens (including phenoxy) is 1. The van der Waals surface area contributed by atoms with Crippen LogP contribution in [0.5, 0.6) is 5.75 Å². The summed E-state index contributed by atoms with van der Waals surface area (Å²) in [7, 11) is 2.21. The first-order valence-electron chi connectivity index (χ1n) is 13.9. The molecule has 0 saturated carbocycles. The second-order valence-corrected chi connectivity index (χ2v) is 10.2. The molecule has 38 heavy (non-hydrogen) atoms. The number of piperazine rings is 1. The second kappa shape index (κ2) is 12.9. The summed E-state index contributed by atoms with van der Waals surface area (Å²) in [6, 6.07) is 27.2. The first-order chi connectivity index (χ1) is 18.7. The maximum atomic E-state index is 6.30. The number of hydrogen-bond acceptors (Lipinski definition) is 5. The maximum Gasteiger partial charge on any atom is 0.168 e. The monoisotopic (exact) mass is 509 g/mol. The van der Waals surface area contributed by atoms with Crippen LogP contribution in [0.4, 0.5) is 0 Å². The highest BCUT2D eigenvalue weighted by Gasteiger charge is 2.17. The van der Waals surface area contributed by atoms with Gasteiger partial charge in [-0.1, -0.05) is 79.6 Å². The lowest BCUT2D eigenvalue weighted by Gasteiger charge is -2.32. The predicted molar refractivity (Wildman–Crippen MR) is 155 cm³/mol. The molecule has 6 nitrogen and oxygen atoms in total. The number of aromatic nitrogens is 3. The molecule has 1 aliphatic rings. The number of nitrogens with zero attached hydrogens (tertiary/aromatic N) is 5. The Balaban J connectivity index is 1.19. The van der Waals surface area contributed by atoms with Crippen molar-refractivity contribution < 1.29 is 4.74 Å². The summed E-state index contributed by atoms with van der Waals surface area (Å²) >= 11 is 0. The van der Waals surface area contributed by atoms with Crippen LogP contribution in [0.1, 0.15) is 31.5 Å². The molecule has 0 amide bonds. The van der Waals surface area contributed by atoms with Crippen LogP contribution in [0.2, 0.25) is 0 Å². The van der Waals surface area contributed by atoms with Crippen LogP contribution in [-0.2, 0) is 0 Å². The fourth-order valence-corrected chi connectivity index (χ4v) is 5.09. The minimum absolute atomic E-state index is 0.716. The number of aryl methyl sites for hydroxylation is 1. The van der Waals surface area contributed by atoms with E-state index in [0.29, 0.717) is 6.61 Å². The van der Waals surface area contributed by atoms with Crippen LogP contribution in [0.3, 0.4) is 0 Å². The van der Waals surface area contributed by atoms with Gasteiger partial charge in [0.1, 0.15) is 11.6 Å². The van der Waals surface area contributed by atoms with Crippen molar-refractivity contribution in [3.63, 3.8) is 0 Å². The van der Waals surface area contributed by atoms with Gasteiger partial charge in [-0.25, -0.2) is 0 Å². The summed E-state index contributed by atoms with van der Waals surface area (Å²) in [5.74, 6) is 2.53. The summed E-state index contributed by atoms with van der Waals surface area (Å²) in [4.78, 5) is 5.01. The van der Waals surface area contributed by atoms with Crippen molar-refractivity contribution in [3.05, 3.63) is 84.7 Å². The summed E-state index contributed by atoms with van der Waals surface area (Å²) in [5, 5.41) is 8.94. The minimum Gasteiger partial charge on any atom is -0.491 e. The lowest BCUT2D eigenvalue weighted by molar-refractivity contribution is 0.151. The normalized spacial score (nSPS) is 14.6. The van der Waals surface area contributed by atoms with E-state index in [-0.39, 0.29) is 0 Å². The molecule has 5 rings (SSSR count). The third-order valence-electron chi connectivity index (χ3n) is 7.40. The average Bonchev–Trinajstić information content (AvgIpc) is 3.35. The Hall–Kier alpha value is -3.48. The van der Waals surface area contributed by atoms with Gasteiger partial charge in [-0.2, -0.15) is 0 Å². The molecule has 6 heteroatoms. The molecule has 3 aromatic carbocycles. The number of benzene rings is 3. The highest BCUT2D eigenvalue weighted by Crippen LogP contribution is 2.30. The summed E-state index contributed by atoms with van der Waals surface area (Å²) < 4.78 is 8.40. The Morgan fingerprint density at radius 1 is 0.684 bits per heavy atom. The average molecular weight is 510 g/mol. The molecule has 0 spiro atoms. The quantitative estimate of drug-likeness (QED) is 0.229. The standard InChI is InChI=1S/C32H39N5O/c1-26-33-34-32(29-18-16-28(17-19-29)27-12-6-5-7-13-27)37(26)30-14-8-9-15-31(30)38-25-11-4-3-10-20-36-23-21-35(2)22-24-36/h5-9,12-19H,3-4,10-11,20-25H2,1-2H3. The molecule has 0 bridgehead atoms. The zero-order valence-electron chi connectivity index (χ0n) is 22.7. The molecule has 0 N–H and O–H groups in total. The largest absolute Gasteiger partial charge is 0.491 e. The molecule has 4 aromatic rings. The third-order valence-corrected chi connectivity index (χ3v) is 7.40. The Labute approximate surface area is 226 Å². The first kappa shape index (κ1) is 26.1. The fourth-order valence-electron chi connectivity index (χ4n) is 5.09. The Kier molecular flexibility index (Phi) is 8.84. The third kappa shape index (κ3) is 6.50. The van der Waals surface area contributed by atoms with Gasteiger partial charge in [-0.15, -0.1) is 10.2 Å². The molecule has 1 fully saturated rings. The van der Waals surface area contributed by atoms with Crippen LogP contribution >= 0.6 is 0 Å².